The Morgan fingerprint density at radius 3 is 2.65 bits per heavy atom. The number of halogens is 3. The second-order valence-corrected chi connectivity index (χ2v) is 5.93. The normalized spacial score (nSPS) is 22.6. The first-order chi connectivity index (χ1) is 9.56. The number of amides is 1. The van der Waals surface area contributed by atoms with Crippen LogP contribution < -0.4 is 5.32 Å². The third-order valence-corrected chi connectivity index (χ3v) is 4.10. The highest BCUT2D eigenvalue weighted by molar-refractivity contribution is 6.20. The fraction of sp³-hybridized carbons (Fsp3) is 0.533. The first kappa shape index (κ1) is 15.2. The summed E-state index contributed by atoms with van der Waals surface area (Å²) in [5, 5.41) is 2.92. The van der Waals surface area contributed by atoms with Gasteiger partial charge in [0.2, 0.25) is 5.91 Å². The molecule has 2 atom stereocenters. The van der Waals surface area contributed by atoms with Crippen LogP contribution in [0.2, 0.25) is 0 Å². The van der Waals surface area contributed by atoms with Crippen molar-refractivity contribution in [2.75, 3.05) is 6.54 Å². The average Bonchev–Trinajstić information content (AvgIpc) is 2.41. The van der Waals surface area contributed by atoms with E-state index in [2.05, 4.69) is 5.32 Å². The molecule has 0 aliphatic heterocycles. The van der Waals surface area contributed by atoms with E-state index in [9.17, 15) is 13.6 Å². The van der Waals surface area contributed by atoms with E-state index < -0.39 is 11.6 Å². The maximum atomic E-state index is 13.4. The lowest BCUT2D eigenvalue weighted by Crippen LogP contribution is -2.33. The van der Waals surface area contributed by atoms with Crippen molar-refractivity contribution in [1.29, 1.82) is 0 Å². The Balaban J connectivity index is 1.83. The largest absolute Gasteiger partial charge is 0.356 e. The third-order valence-electron chi connectivity index (χ3n) is 3.71. The molecule has 1 aliphatic carbocycles. The number of hydrogen-bond acceptors (Lipinski definition) is 1. The molecule has 0 bridgehead atoms. The summed E-state index contributed by atoms with van der Waals surface area (Å²) in [6.07, 6.45) is 3.74. The van der Waals surface area contributed by atoms with Crippen molar-refractivity contribution in [3.63, 3.8) is 0 Å². The minimum atomic E-state index is -0.682. The highest BCUT2D eigenvalue weighted by Crippen LogP contribution is 2.27. The second-order valence-electron chi connectivity index (χ2n) is 5.31. The smallest absolute Gasteiger partial charge is 0.224 e. The minimum absolute atomic E-state index is 0.176. The van der Waals surface area contributed by atoms with Gasteiger partial charge in [0.05, 0.1) is 6.42 Å². The summed E-state index contributed by atoms with van der Waals surface area (Å²) in [4.78, 5) is 11.8. The van der Waals surface area contributed by atoms with E-state index in [4.69, 9.17) is 11.6 Å². The van der Waals surface area contributed by atoms with Gasteiger partial charge in [0.1, 0.15) is 11.6 Å². The lowest BCUT2D eigenvalue weighted by Gasteiger charge is -2.25. The quantitative estimate of drug-likeness (QED) is 0.848. The topological polar surface area (TPSA) is 29.1 Å². The summed E-state index contributed by atoms with van der Waals surface area (Å²) in [6, 6.07) is 3.60. The number of nitrogens with one attached hydrogen (secondary N) is 1. The van der Waals surface area contributed by atoms with Crippen LogP contribution in [0.3, 0.4) is 0 Å². The molecule has 1 aliphatic rings. The van der Waals surface area contributed by atoms with Gasteiger partial charge in [0.25, 0.3) is 0 Å². The summed E-state index contributed by atoms with van der Waals surface area (Å²) in [5.41, 5.74) is -0.177. The molecule has 1 aromatic rings. The van der Waals surface area contributed by atoms with Gasteiger partial charge in [-0.15, -0.1) is 11.6 Å². The summed E-state index contributed by atoms with van der Waals surface area (Å²) in [6.45, 7) is 0.526. The van der Waals surface area contributed by atoms with Crippen molar-refractivity contribution >= 4 is 17.5 Å². The first-order valence-electron chi connectivity index (χ1n) is 6.90. The molecular formula is C15H18ClF2NO. The number of carbonyl (C=O) groups excluding carboxylic acids is 1. The molecule has 0 aromatic heterocycles. The number of benzene rings is 1. The number of hydrogen-bond donors (Lipinski definition) is 1. The van der Waals surface area contributed by atoms with Crippen LogP contribution in [0.15, 0.2) is 18.2 Å². The SMILES string of the molecule is O=C(Cc1c(F)cccc1F)NCC1CCCC(Cl)C1. The molecule has 0 radical (unpaired) electrons. The van der Waals surface area contributed by atoms with Gasteiger partial charge in [0.15, 0.2) is 0 Å². The Hall–Kier alpha value is -1.16. The summed E-state index contributed by atoms with van der Waals surface area (Å²) in [5.74, 6) is -1.36. The third kappa shape index (κ3) is 4.17. The van der Waals surface area contributed by atoms with Crippen LogP contribution in [0.1, 0.15) is 31.2 Å². The van der Waals surface area contributed by atoms with Gasteiger partial charge in [0, 0.05) is 17.5 Å². The lowest BCUT2D eigenvalue weighted by atomic mass is 9.89. The van der Waals surface area contributed by atoms with E-state index >= 15 is 0 Å². The first-order valence-corrected chi connectivity index (χ1v) is 7.33. The highest BCUT2D eigenvalue weighted by atomic mass is 35.5. The van der Waals surface area contributed by atoms with Crippen LogP contribution in [0.25, 0.3) is 0 Å². The van der Waals surface area contributed by atoms with E-state index in [1.165, 1.54) is 6.07 Å². The molecule has 2 unspecified atom stereocenters. The van der Waals surface area contributed by atoms with E-state index in [1.54, 1.807) is 0 Å². The van der Waals surface area contributed by atoms with Crippen molar-refractivity contribution in [3.05, 3.63) is 35.4 Å². The standard InChI is InChI=1S/C15H18ClF2NO/c16-11-4-1-3-10(7-11)9-19-15(20)8-12-13(17)5-2-6-14(12)18/h2,5-6,10-11H,1,3-4,7-9H2,(H,19,20). The van der Waals surface area contributed by atoms with Gasteiger partial charge in [-0.25, -0.2) is 8.78 Å². The predicted octanol–water partition coefficient (Wildman–Crippen LogP) is 3.42. The molecule has 2 rings (SSSR count). The molecular weight excluding hydrogens is 284 g/mol. The Morgan fingerprint density at radius 1 is 1.30 bits per heavy atom. The molecule has 0 spiro atoms. The molecule has 1 amide bonds. The Kier molecular flexibility index (Phi) is 5.35. The van der Waals surface area contributed by atoms with Gasteiger partial charge in [-0.1, -0.05) is 12.5 Å². The summed E-state index contributed by atoms with van der Waals surface area (Å²) < 4.78 is 26.8. The van der Waals surface area contributed by atoms with Crippen LogP contribution in [0, 0.1) is 17.6 Å². The van der Waals surface area contributed by atoms with E-state index in [-0.39, 0.29) is 23.3 Å². The van der Waals surface area contributed by atoms with Crippen molar-refractivity contribution in [3.8, 4) is 0 Å². The number of rotatable bonds is 4. The molecule has 110 valence electrons. The second kappa shape index (κ2) is 7.02. The molecule has 5 heteroatoms. The van der Waals surface area contributed by atoms with Crippen molar-refractivity contribution in [2.24, 2.45) is 5.92 Å². The Morgan fingerprint density at radius 2 is 2.00 bits per heavy atom. The van der Waals surface area contributed by atoms with Crippen LogP contribution in [-0.2, 0) is 11.2 Å². The van der Waals surface area contributed by atoms with E-state index in [1.807, 2.05) is 0 Å². The van der Waals surface area contributed by atoms with Gasteiger partial charge < -0.3 is 5.32 Å². The molecule has 20 heavy (non-hydrogen) atoms. The maximum absolute atomic E-state index is 13.4. The van der Waals surface area contributed by atoms with Crippen molar-refractivity contribution in [1.82, 2.24) is 5.32 Å². The van der Waals surface area contributed by atoms with Gasteiger partial charge in [-0.2, -0.15) is 0 Å². The van der Waals surface area contributed by atoms with Crippen LogP contribution in [-0.4, -0.2) is 17.8 Å². The zero-order valence-electron chi connectivity index (χ0n) is 11.2. The Bertz CT molecular complexity index is 461. The Labute approximate surface area is 122 Å². The van der Waals surface area contributed by atoms with Crippen molar-refractivity contribution < 1.29 is 13.6 Å². The van der Waals surface area contributed by atoms with E-state index in [0.29, 0.717) is 12.5 Å². The minimum Gasteiger partial charge on any atom is -0.356 e. The molecule has 0 heterocycles. The fourth-order valence-electron chi connectivity index (χ4n) is 2.59. The van der Waals surface area contributed by atoms with Gasteiger partial charge >= 0.3 is 0 Å². The zero-order chi connectivity index (χ0) is 14.5. The van der Waals surface area contributed by atoms with Gasteiger partial charge in [-0.05, 0) is 37.3 Å². The van der Waals surface area contributed by atoms with Crippen LogP contribution in [0.5, 0.6) is 0 Å². The summed E-state index contributed by atoms with van der Waals surface area (Å²) >= 11 is 6.09. The average molecular weight is 302 g/mol. The highest BCUT2D eigenvalue weighted by Gasteiger charge is 2.21. The van der Waals surface area contributed by atoms with Crippen LogP contribution >= 0.6 is 11.6 Å². The number of carbonyl (C=O) groups is 1. The maximum Gasteiger partial charge on any atom is 0.224 e. The molecule has 0 saturated heterocycles. The van der Waals surface area contributed by atoms with Crippen molar-refractivity contribution in [2.45, 2.75) is 37.5 Å². The molecule has 1 aromatic carbocycles. The predicted molar refractivity (Wildman–Crippen MR) is 74.7 cm³/mol. The summed E-state index contributed by atoms with van der Waals surface area (Å²) in [7, 11) is 0. The monoisotopic (exact) mass is 301 g/mol. The van der Waals surface area contributed by atoms with Crippen LogP contribution in [0.4, 0.5) is 8.78 Å². The zero-order valence-corrected chi connectivity index (χ0v) is 11.9. The molecule has 1 N–H and O–H groups in total. The molecule has 1 fully saturated rings. The molecule has 2 nitrogen and oxygen atoms in total. The lowest BCUT2D eigenvalue weighted by molar-refractivity contribution is -0.120. The molecule has 1 saturated carbocycles. The van der Waals surface area contributed by atoms with E-state index in [0.717, 1.165) is 37.8 Å². The van der Waals surface area contributed by atoms with Gasteiger partial charge in [-0.3, -0.25) is 4.79 Å². The number of alkyl halides is 1. The fourth-order valence-corrected chi connectivity index (χ4v) is 3.00.